The summed E-state index contributed by atoms with van der Waals surface area (Å²) in [5.41, 5.74) is 3.15. The van der Waals surface area contributed by atoms with Crippen molar-refractivity contribution in [1.82, 2.24) is 15.3 Å². The monoisotopic (exact) mass is 320 g/mol. The molecule has 3 rings (SSSR count). The second kappa shape index (κ2) is 5.43. The van der Waals surface area contributed by atoms with Crippen molar-refractivity contribution >= 4 is 32.7 Å². The Morgan fingerprint density at radius 2 is 2.37 bits per heavy atom. The van der Waals surface area contributed by atoms with Crippen LogP contribution in [0.5, 0.6) is 0 Å². The number of hydrogen-bond acceptors (Lipinski definition) is 4. The molecule has 0 aliphatic carbocycles. The first kappa shape index (κ1) is 12.8. The van der Waals surface area contributed by atoms with Crippen LogP contribution in [0.3, 0.4) is 0 Å². The molecule has 5 heteroatoms. The number of anilines is 1. The van der Waals surface area contributed by atoms with E-state index in [1.165, 1.54) is 12.1 Å². The van der Waals surface area contributed by atoms with Crippen molar-refractivity contribution in [1.29, 1.82) is 0 Å². The van der Waals surface area contributed by atoms with E-state index in [1.54, 1.807) is 0 Å². The summed E-state index contributed by atoms with van der Waals surface area (Å²) >= 11 is 3.45. The van der Waals surface area contributed by atoms with Gasteiger partial charge >= 0.3 is 0 Å². The Bertz CT molecular complexity index is 587. The highest BCUT2D eigenvalue weighted by Crippen LogP contribution is 2.29. The van der Waals surface area contributed by atoms with Crippen LogP contribution in [0.1, 0.15) is 6.42 Å². The van der Waals surface area contributed by atoms with Gasteiger partial charge in [-0.25, -0.2) is 0 Å². The molecule has 1 atom stereocenters. The van der Waals surface area contributed by atoms with Crippen LogP contribution in [0.4, 0.5) is 5.69 Å². The molecule has 0 amide bonds. The number of pyridine rings is 2. The standard InChI is InChI=1S/C14H17BrN4/c1-16-7-10-3-5-19(9-10)13-2-4-17-12-6-11(15)8-18-14(12)13/h2,4,6,8,10,16H,3,5,7,9H2,1H3. The van der Waals surface area contributed by atoms with E-state index in [2.05, 4.69) is 42.2 Å². The highest BCUT2D eigenvalue weighted by atomic mass is 79.9. The van der Waals surface area contributed by atoms with Gasteiger partial charge in [-0.15, -0.1) is 0 Å². The lowest BCUT2D eigenvalue weighted by molar-refractivity contribution is 0.549. The molecule has 1 fully saturated rings. The van der Waals surface area contributed by atoms with Crippen molar-refractivity contribution < 1.29 is 0 Å². The largest absolute Gasteiger partial charge is 0.369 e. The Hall–Kier alpha value is -1.20. The summed E-state index contributed by atoms with van der Waals surface area (Å²) in [5.74, 6) is 0.726. The van der Waals surface area contributed by atoms with Gasteiger partial charge in [0.2, 0.25) is 0 Å². The predicted octanol–water partition coefficient (Wildman–Crippen LogP) is 2.44. The van der Waals surface area contributed by atoms with Gasteiger partial charge in [0.25, 0.3) is 0 Å². The molecular formula is C14H17BrN4. The van der Waals surface area contributed by atoms with Gasteiger partial charge in [-0.1, -0.05) is 0 Å². The number of aromatic nitrogens is 2. The summed E-state index contributed by atoms with van der Waals surface area (Å²) in [6, 6.07) is 4.10. The van der Waals surface area contributed by atoms with E-state index in [4.69, 9.17) is 0 Å². The number of hydrogen-bond donors (Lipinski definition) is 1. The van der Waals surface area contributed by atoms with Crippen molar-refractivity contribution in [2.75, 3.05) is 31.6 Å². The van der Waals surface area contributed by atoms with Gasteiger partial charge in [-0.05, 0) is 54.0 Å². The Labute approximate surface area is 121 Å². The van der Waals surface area contributed by atoms with E-state index in [0.717, 1.165) is 41.1 Å². The zero-order valence-corrected chi connectivity index (χ0v) is 12.5. The second-order valence-electron chi connectivity index (χ2n) is 5.01. The van der Waals surface area contributed by atoms with Crippen molar-refractivity contribution in [3.8, 4) is 0 Å². The molecule has 0 spiro atoms. The maximum Gasteiger partial charge on any atom is 0.112 e. The third-order valence-electron chi connectivity index (χ3n) is 3.64. The zero-order valence-electron chi connectivity index (χ0n) is 10.9. The van der Waals surface area contributed by atoms with Crippen molar-refractivity contribution in [3.63, 3.8) is 0 Å². The molecule has 1 unspecified atom stereocenters. The average Bonchev–Trinajstić information content (AvgIpc) is 2.86. The number of fused-ring (bicyclic) bond motifs is 1. The van der Waals surface area contributed by atoms with Crippen molar-refractivity contribution in [2.24, 2.45) is 5.92 Å². The lowest BCUT2D eigenvalue weighted by Crippen LogP contribution is -2.24. The molecule has 2 aromatic rings. The SMILES string of the molecule is CNCC1CCN(c2ccnc3cc(Br)cnc23)C1. The quantitative estimate of drug-likeness (QED) is 0.943. The van der Waals surface area contributed by atoms with E-state index >= 15 is 0 Å². The molecule has 2 aromatic heterocycles. The normalized spacial score (nSPS) is 19.3. The summed E-state index contributed by atoms with van der Waals surface area (Å²) in [4.78, 5) is 11.4. The van der Waals surface area contributed by atoms with Gasteiger partial charge in [-0.3, -0.25) is 9.97 Å². The molecule has 0 aromatic carbocycles. The summed E-state index contributed by atoms with van der Waals surface area (Å²) in [7, 11) is 2.02. The fourth-order valence-corrected chi connectivity index (χ4v) is 3.07. The maximum absolute atomic E-state index is 4.53. The zero-order chi connectivity index (χ0) is 13.2. The Morgan fingerprint density at radius 3 is 3.21 bits per heavy atom. The van der Waals surface area contributed by atoms with Crippen LogP contribution >= 0.6 is 15.9 Å². The molecule has 4 nitrogen and oxygen atoms in total. The van der Waals surface area contributed by atoms with Crippen molar-refractivity contribution in [2.45, 2.75) is 6.42 Å². The molecule has 0 saturated carbocycles. The first-order valence-electron chi connectivity index (χ1n) is 6.57. The molecule has 3 heterocycles. The van der Waals surface area contributed by atoms with E-state index in [-0.39, 0.29) is 0 Å². The summed E-state index contributed by atoms with van der Waals surface area (Å²) in [6.07, 6.45) is 4.95. The van der Waals surface area contributed by atoms with E-state index in [0.29, 0.717) is 0 Å². The molecule has 1 N–H and O–H groups in total. The van der Waals surface area contributed by atoms with Gasteiger partial charge in [0.05, 0.1) is 11.2 Å². The van der Waals surface area contributed by atoms with Crippen LogP contribution in [0, 0.1) is 5.92 Å². The number of halogens is 1. The van der Waals surface area contributed by atoms with Crippen molar-refractivity contribution in [3.05, 3.63) is 29.0 Å². The van der Waals surface area contributed by atoms with E-state index in [1.807, 2.05) is 25.5 Å². The van der Waals surface area contributed by atoms with E-state index in [9.17, 15) is 0 Å². The van der Waals surface area contributed by atoms with Crippen LogP contribution in [0.15, 0.2) is 29.0 Å². The van der Waals surface area contributed by atoms with Crippen LogP contribution in [-0.2, 0) is 0 Å². The molecule has 1 aliphatic heterocycles. The smallest absolute Gasteiger partial charge is 0.112 e. The molecule has 100 valence electrons. The molecule has 1 aliphatic rings. The summed E-state index contributed by atoms with van der Waals surface area (Å²) in [5, 5.41) is 3.27. The van der Waals surface area contributed by atoms with Gasteiger partial charge in [0.1, 0.15) is 5.52 Å². The molecule has 19 heavy (non-hydrogen) atoms. The Kier molecular flexibility index (Phi) is 3.66. The summed E-state index contributed by atoms with van der Waals surface area (Å²) in [6.45, 7) is 3.28. The lowest BCUT2D eigenvalue weighted by Gasteiger charge is -2.19. The molecule has 0 bridgehead atoms. The molecule has 1 saturated heterocycles. The van der Waals surface area contributed by atoms with Crippen LogP contribution in [0.2, 0.25) is 0 Å². The van der Waals surface area contributed by atoms with Crippen LogP contribution in [-0.4, -0.2) is 36.6 Å². The lowest BCUT2D eigenvalue weighted by atomic mass is 10.1. The van der Waals surface area contributed by atoms with Gasteiger partial charge in [0, 0.05) is 30.0 Å². The fourth-order valence-electron chi connectivity index (χ4n) is 2.75. The highest BCUT2D eigenvalue weighted by Gasteiger charge is 2.23. The van der Waals surface area contributed by atoms with Gasteiger partial charge in [-0.2, -0.15) is 0 Å². The fraction of sp³-hybridized carbons (Fsp3) is 0.429. The summed E-state index contributed by atoms with van der Waals surface area (Å²) < 4.78 is 0.971. The van der Waals surface area contributed by atoms with E-state index < -0.39 is 0 Å². The molecular weight excluding hydrogens is 304 g/mol. The highest BCUT2D eigenvalue weighted by molar-refractivity contribution is 9.10. The third kappa shape index (κ3) is 2.58. The minimum atomic E-state index is 0.726. The minimum Gasteiger partial charge on any atom is -0.369 e. The first-order valence-corrected chi connectivity index (χ1v) is 7.37. The number of rotatable bonds is 3. The minimum absolute atomic E-state index is 0.726. The maximum atomic E-state index is 4.53. The number of nitrogens with zero attached hydrogens (tertiary/aromatic N) is 3. The van der Waals surface area contributed by atoms with Gasteiger partial charge in [0.15, 0.2) is 0 Å². The Balaban J connectivity index is 1.93. The first-order chi connectivity index (χ1) is 9.28. The molecule has 0 radical (unpaired) electrons. The van der Waals surface area contributed by atoms with Gasteiger partial charge < -0.3 is 10.2 Å². The van der Waals surface area contributed by atoms with Crippen LogP contribution < -0.4 is 10.2 Å². The Morgan fingerprint density at radius 1 is 1.47 bits per heavy atom. The number of nitrogens with one attached hydrogen (secondary N) is 1. The van der Waals surface area contributed by atoms with Crippen LogP contribution in [0.25, 0.3) is 11.0 Å². The average molecular weight is 321 g/mol. The topological polar surface area (TPSA) is 41.0 Å². The predicted molar refractivity (Wildman–Crippen MR) is 81.5 cm³/mol. The second-order valence-corrected chi connectivity index (χ2v) is 5.93. The third-order valence-corrected chi connectivity index (χ3v) is 4.08.